The van der Waals surface area contributed by atoms with Crippen LogP contribution in [0.3, 0.4) is 0 Å². The highest BCUT2D eigenvalue weighted by Gasteiger charge is 2.13. The Hall–Kier alpha value is -1.44. The average Bonchev–Trinajstić information content (AvgIpc) is 2.45. The summed E-state index contributed by atoms with van der Waals surface area (Å²) in [6.07, 6.45) is 5.12. The lowest BCUT2D eigenvalue weighted by molar-refractivity contribution is -0.120. The summed E-state index contributed by atoms with van der Waals surface area (Å²) in [5.41, 5.74) is 1.25. The number of carbonyl (C=O) groups excluding carboxylic acids is 1. The van der Waals surface area contributed by atoms with E-state index >= 15 is 0 Å². The Kier molecular flexibility index (Phi) is 7.21. The van der Waals surface area contributed by atoms with Crippen molar-refractivity contribution in [2.24, 2.45) is 0 Å². The highest BCUT2D eigenvalue weighted by molar-refractivity contribution is 8.00. The van der Waals surface area contributed by atoms with Gasteiger partial charge in [0, 0.05) is 10.9 Å². The smallest absolute Gasteiger partial charge is 0.233 e. The maximum Gasteiger partial charge on any atom is 0.233 e. The van der Waals surface area contributed by atoms with Crippen LogP contribution in [0.4, 0.5) is 0 Å². The van der Waals surface area contributed by atoms with Crippen LogP contribution in [0.5, 0.6) is 0 Å². The van der Waals surface area contributed by atoms with E-state index in [1.54, 1.807) is 0 Å². The van der Waals surface area contributed by atoms with Crippen LogP contribution in [0, 0.1) is 12.3 Å². The monoisotopic (exact) mass is 290 g/mol. The molecule has 2 unspecified atom stereocenters. The van der Waals surface area contributed by atoms with Crippen molar-refractivity contribution in [2.45, 2.75) is 37.0 Å². The van der Waals surface area contributed by atoms with Gasteiger partial charge in [-0.25, -0.2) is 0 Å². The molecule has 2 atom stereocenters. The molecule has 20 heavy (non-hydrogen) atoms. The average molecular weight is 290 g/mol. The van der Waals surface area contributed by atoms with E-state index < -0.39 is 0 Å². The molecule has 0 aliphatic rings. The number of hydrogen-bond donors (Lipinski definition) is 2. The third kappa shape index (κ3) is 5.28. The molecule has 0 heterocycles. The molecule has 0 aliphatic heterocycles. The molecule has 0 saturated carbocycles. The largest absolute Gasteiger partial charge is 0.344 e. The van der Waals surface area contributed by atoms with Crippen molar-refractivity contribution in [1.29, 1.82) is 0 Å². The minimum atomic E-state index is -0.152. The first-order valence-corrected chi connectivity index (χ1v) is 7.67. The molecule has 1 aromatic rings. The van der Waals surface area contributed by atoms with Gasteiger partial charge in [0.25, 0.3) is 0 Å². The number of thioether (sulfide) groups is 1. The lowest BCUT2D eigenvalue weighted by Gasteiger charge is -2.14. The SMILES string of the molecule is C#CCNC(=O)C(C)Sc1ccc(C(C)NCC)cc1. The zero-order chi connectivity index (χ0) is 15.0. The third-order valence-electron chi connectivity index (χ3n) is 2.94. The Morgan fingerprint density at radius 3 is 2.55 bits per heavy atom. The number of hydrogen-bond acceptors (Lipinski definition) is 3. The van der Waals surface area contributed by atoms with Crippen molar-refractivity contribution in [1.82, 2.24) is 10.6 Å². The van der Waals surface area contributed by atoms with E-state index in [4.69, 9.17) is 6.42 Å². The molecule has 0 spiro atoms. The second kappa shape index (κ2) is 8.68. The molecule has 0 saturated heterocycles. The predicted molar refractivity (Wildman–Crippen MR) is 85.7 cm³/mol. The van der Waals surface area contributed by atoms with Crippen molar-refractivity contribution >= 4 is 17.7 Å². The van der Waals surface area contributed by atoms with Crippen LogP contribution in [-0.2, 0) is 4.79 Å². The second-order valence-corrected chi connectivity index (χ2v) is 5.94. The van der Waals surface area contributed by atoms with Crippen LogP contribution in [-0.4, -0.2) is 24.2 Å². The number of carbonyl (C=O) groups is 1. The van der Waals surface area contributed by atoms with E-state index in [-0.39, 0.29) is 17.7 Å². The minimum absolute atomic E-state index is 0.0296. The maximum absolute atomic E-state index is 11.7. The minimum Gasteiger partial charge on any atom is -0.344 e. The molecule has 3 nitrogen and oxygen atoms in total. The Balaban J connectivity index is 2.57. The lowest BCUT2D eigenvalue weighted by Crippen LogP contribution is -2.31. The van der Waals surface area contributed by atoms with Gasteiger partial charge >= 0.3 is 0 Å². The van der Waals surface area contributed by atoms with Crippen molar-refractivity contribution in [3.63, 3.8) is 0 Å². The highest BCUT2D eigenvalue weighted by atomic mass is 32.2. The number of rotatable bonds is 7. The Morgan fingerprint density at radius 2 is 2.00 bits per heavy atom. The van der Waals surface area contributed by atoms with E-state index in [1.165, 1.54) is 17.3 Å². The molecule has 1 aromatic carbocycles. The highest BCUT2D eigenvalue weighted by Crippen LogP contribution is 2.25. The van der Waals surface area contributed by atoms with Crippen molar-refractivity contribution in [2.75, 3.05) is 13.1 Å². The van der Waals surface area contributed by atoms with E-state index in [0.29, 0.717) is 6.04 Å². The molecule has 0 aromatic heterocycles. The standard InChI is InChI=1S/C16H22N2OS/c1-5-11-18-16(19)13(4)20-15-9-7-14(8-10-15)12(3)17-6-2/h1,7-10,12-13,17H,6,11H2,2-4H3,(H,18,19). The van der Waals surface area contributed by atoms with Gasteiger partial charge in [0.2, 0.25) is 5.91 Å². The zero-order valence-electron chi connectivity index (χ0n) is 12.3. The van der Waals surface area contributed by atoms with Gasteiger partial charge in [-0.2, -0.15) is 0 Å². The van der Waals surface area contributed by atoms with Crippen molar-refractivity contribution < 1.29 is 4.79 Å². The first kappa shape index (κ1) is 16.6. The van der Waals surface area contributed by atoms with E-state index in [1.807, 2.05) is 6.92 Å². The molecule has 1 rings (SSSR count). The summed E-state index contributed by atoms with van der Waals surface area (Å²) in [7, 11) is 0. The number of amides is 1. The summed E-state index contributed by atoms with van der Waals surface area (Å²) in [5, 5.41) is 5.91. The molecule has 4 heteroatoms. The Bertz CT molecular complexity index is 464. The summed E-state index contributed by atoms with van der Waals surface area (Å²) in [5.74, 6) is 2.37. The fraction of sp³-hybridized carbons (Fsp3) is 0.438. The molecule has 0 aliphatic carbocycles. The summed E-state index contributed by atoms with van der Waals surface area (Å²) < 4.78 is 0. The molecule has 2 N–H and O–H groups in total. The van der Waals surface area contributed by atoms with Crippen LogP contribution >= 0.6 is 11.8 Å². The predicted octanol–water partition coefficient (Wildman–Crippen LogP) is 2.59. The zero-order valence-corrected chi connectivity index (χ0v) is 13.1. The van der Waals surface area contributed by atoms with E-state index in [2.05, 4.69) is 54.7 Å². The fourth-order valence-corrected chi connectivity index (χ4v) is 2.69. The normalized spacial score (nSPS) is 13.3. The second-order valence-electron chi connectivity index (χ2n) is 4.53. The molecule has 0 fully saturated rings. The third-order valence-corrected chi connectivity index (χ3v) is 4.05. The van der Waals surface area contributed by atoms with Crippen LogP contribution in [0.25, 0.3) is 0 Å². The van der Waals surface area contributed by atoms with Crippen LogP contribution in [0.1, 0.15) is 32.4 Å². The van der Waals surface area contributed by atoms with Crippen LogP contribution in [0.15, 0.2) is 29.2 Å². The number of nitrogens with one attached hydrogen (secondary N) is 2. The Morgan fingerprint density at radius 1 is 1.35 bits per heavy atom. The van der Waals surface area contributed by atoms with Crippen molar-refractivity contribution in [3.05, 3.63) is 29.8 Å². The first-order chi connectivity index (χ1) is 9.58. The van der Waals surface area contributed by atoms with Gasteiger partial charge in [-0.3, -0.25) is 4.79 Å². The van der Waals surface area contributed by atoms with Gasteiger partial charge in [-0.15, -0.1) is 18.2 Å². The molecule has 1 amide bonds. The molecule has 0 radical (unpaired) electrons. The Labute approximate surface area is 125 Å². The lowest BCUT2D eigenvalue weighted by atomic mass is 10.1. The summed E-state index contributed by atoms with van der Waals surface area (Å²) >= 11 is 1.53. The topological polar surface area (TPSA) is 41.1 Å². The van der Waals surface area contributed by atoms with Crippen LogP contribution in [0.2, 0.25) is 0 Å². The summed E-state index contributed by atoms with van der Waals surface area (Å²) in [6, 6.07) is 8.65. The van der Waals surface area contributed by atoms with Crippen molar-refractivity contribution in [3.8, 4) is 12.3 Å². The molecule has 0 bridgehead atoms. The number of terminal acetylenes is 1. The van der Waals surface area contributed by atoms with Gasteiger partial charge in [-0.1, -0.05) is 25.0 Å². The van der Waals surface area contributed by atoms with Gasteiger partial charge < -0.3 is 10.6 Å². The van der Waals surface area contributed by atoms with Crippen LogP contribution < -0.4 is 10.6 Å². The van der Waals surface area contributed by atoms with E-state index in [0.717, 1.165) is 11.4 Å². The van der Waals surface area contributed by atoms with Gasteiger partial charge in [0.05, 0.1) is 11.8 Å². The van der Waals surface area contributed by atoms with Gasteiger partial charge in [-0.05, 0) is 38.1 Å². The van der Waals surface area contributed by atoms with E-state index in [9.17, 15) is 4.79 Å². The summed E-state index contributed by atoms with van der Waals surface area (Å²) in [4.78, 5) is 12.8. The summed E-state index contributed by atoms with van der Waals surface area (Å²) in [6.45, 7) is 7.34. The maximum atomic E-state index is 11.7. The molecular weight excluding hydrogens is 268 g/mol. The first-order valence-electron chi connectivity index (χ1n) is 6.79. The van der Waals surface area contributed by atoms with Gasteiger partial charge in [0.1, 0.15) is 0 Å². The quantitative estimate of drug-likeness (QED) is 0.599. The molecular formula is C16H22N2OS. The molecule has 108 valence electrons. The van der Waals surface area contributed by atoms with Gasteiger partial charge in [0.15, 0.2) is 0 Å². The fourth-order valence-electron chi connectivity index (χ4n) is 1.80. The number of benzene rings is 1.